The number of rotatable bonds is 5. The number of esters is 1. The molecule has 3 N–H and O–H groups in total. The van der Waals surface area contributed by atoms with Crippen LogP contribution in [0.4, 0.5) is 14.9 Å². The van der Waals surface area contributed by atoms with Crippen molar-refractivity contribution in [1.82, 2.24) is 0 Å². The first-order valence-corrected chi connectivity index (χ1v) is 9.96. The molecule has 29 heavy (non-hydrogen) atoms. The van der Waals surface area contributed by atoms with Crippen molar-refractivity contribution in [2.45, 2.75) is 0 Å². The molecule has 0 radical (unpaired) electrons. The Morgan fingerprint density at radius 2 is 1.90 bits per heavy atom. The molecule has 0 spiro atoms. The summed E-state index contributed by atoms with van der Waals surface area (Å²) < 4.78 is 49.1. The van der Waals surface area contributed by atoms with Crippen LogP contribution in [0.5, 0.6) is 0 Å². The van der Waals surface area contributed by atoms with E-state index in [0.717, 1.165) is 18.4 Å². The highest BCUT2D eigenvalue weighted by Crippen LogP contribution is 2.37. The largest absolute Gasteiger partial charge is 0.455 e. The third-order valence-corrected chi connectivity index (χ3v) is 4.47. The zero-order valence-corrected chi connectivity index (χ0v) is 15.9. The Morgan fingerprint density at radius 1 is 1.24 bits per heavy atom. The number of halogens is 1. The van der Waals surface area contributed by atoms with Gasteiger partial charge in [0.1, 0.15) is 22.7 Å². The highest BCUT2D eigenvalue weighted by Gasteiger charge is 2.26. The zero-order valence-electron chi connectivity index (χ0n) is 15.1. The lowest BCUT2D eigenvalue weighted by Crippen LogP contribution is -2.18. The molecule has 0 fully saturated rings. The first kappa shape index (κ1) is 20.1. The van der Waals surface area contributed by atoms with Crippen molar-refractivity contribution >= 4 is 44.8 Å². The van der Waals surface area contributed by atoms with Crippen molar-refractivity contribution in [2.24, 2.45) is 5.73 Å². The van der Waals surface area contributed by atoms with Gasteiger partial charge in [-0.1, -0.05) is 12.7 Å². The molecule has 8 nitrogen and oxygen atoms in total. The fourth-order valence-corrected chi connectivity index (χ4v) is 3.34. The predicted molar refractivity (Wildman–Crippen MR) is 105 cm³/mol. The molecular weight excluding hydrogens is 403 g/mol. The summed E-state index contributed by atoms with van der Waals surface area (Å²) in [5, 5.41) is 0.226. The number of anilines is 1. The van der Waals surface area contributed by atoms with E-state index in [-0.39, 0.29) is 28.0 Å². The van der Waals surface area contributed by atoms with Crippen molar-refractivity contribution in [3.63, 3.8) is 0 Å². The van der Waals surface area contributed by atoms with Gasteiger partial charge in [-0.3, -0.25) is 4.72 Å². The maximum absolute atomic E-state index is 13.3. The van der Waals surface area contributed by atoms with E-state index in [4.69, 9.17) is 10.2 Å². The van der Waals surface area contributed by atoms with E-state index in [0.29, 0.717) is 11.1 Å². The number of furan rings is 1. The maximum atomic E-state index is 13.3. The Bertz CT molecular complexity index is 1250. The van der Waals surface area contributed by atoms with E-state index in [1.54, 1.807) is 0 Å². The molecular formula is C19H15FN2O6S. The fourth-order valence-electron chi connectivity index (χ4n) is 2.77. The molecule has 0 saturated carbocycles. The number of nitrogens with two attached hydrogens (primary N) is 1. The van der Waals surface area contributed by atoms with Gasteiger partial charge in [0.05, 0.1) is 11.9 Å². The van der Waals surface area contributed by atoms with Crippen molar-refractivity contribution in [2.75, 3.05) is 11.0 Å². The van der Waals surface area contributed by atoms with Gasteiger partial charge in [0.25, 0.3) is 0 Å². The van der Waals surface area contributed by atoms with Crippen LogP contribution in [-0.4, -0.2) is 26.7 Å². The Labute approximate surface area is 164 Å². The van der Waals surface area contributed by atoms with E-state index in [1.165, 1.54) is 30.3 Å². The molecule has 1 heterocycles. The van der Waals surface area contributed by atoms with Crippen LogP contribution in [0.2, 0.25) is 0 Å². The van der Waals surface area contributed by atoms with Gasteiger partial charge in [-0.15, -0.1) is 0 Å². The van der Waals surface area contributed by atoms with E-state index < -0.39 is 27.9 Å². The number of hydrogen-bond acceptors (Lipinski definition) is 6. The molecule has 150 valence electrons. The molecule has 3 aromatic rings. The summed E-state index contributed by atoms with van der Waals surface area (Å²) in [6.07, 6.45) is 1.04. The third-order valence-electron chi connectivity index (χ3n) is 3.88. The van der Waals surface area contributed by atoms with Crippen LogP contribution in [0.1, 0.15) is 15.9 Å². The Hall–Kier alpha value is -3.66. The van der Waals surface area contributed by atoms with Crippen LogP contribution in [0, 0.1) is 5.82 Å². The van der Waals surface area contributed by atoms with Crippen LogP contribution < -0.4 is 10.5 Å². The lowest BCUT2D eigenvalue weighted by Gasteiger charge is -2.08. The molecule has 0 aliphatic rings. The fraction of sp³-hybridized carbons (Fsp3) is 0.0526. The lowest BCUT2D eigenvalue weighted by molar-refractivity contribution is 0.0640. The number of nitrogens with one attached hydrogen (secondary N) is 1. The van der Waals surface area contributed by atoms with E-state index in [1.807, 2.05) is 0 Å². The molecule has 10 heteroatoms. The van der Waals surface area contributed by atoms with Gasteiger partial charge in [-0.2, -0.15) is 0 Å². The molecule has 0 aliphatic carbocycles. The summed E-state index contributed by atoms with van der Waals surface area (Å²) in [6, 6.07) is 7.89. The molecule has 0 unspecified atom stereocenters. The monoisotopic (exact) mass is 418 g/mol. The topological polar surface area (TPSA) is 129 Å². The Kier molecular flexibility index (Phi) is 5.12. The third kappa shape index (κ3) is 4.27. The van der Waals surface area contributed by atoms with Crippen LogP contribution in [0.25, 0.3) is 28.4 Å². The Balaban J connectivity index is 2.31. The van der Waals surface area contributed by atoms with Crippen molar-refractivity contribution in [1.29, 1.82) is 0 Å². The number of amides is 1. The summed E-state index contributed by atoms with van der Waals surface area (Å²) in [7, 11) is -3.60. The smallest absolute Gasteiger partial charge is 0.412 e. The normalized spacial score (nSPS) is 11.2. The number of carbonyl (C=O) groups excluding carboxylic acids is 2. The predicted octanol–water partition coefficient (Wildman–Crippen LogP) is 3.49. The lowest BCUT2D eigenvalue weighted by atomic mass is 10.0. The molecule has 0 atom stereocenters. The standard InChI is InChI=1S/C19H15FN2O6S/c1-3-10-8-13-15(9-14(10)22-29(2,25)26)27-17(11-4-6-12(20)7-5-11)16(13)18(23)28-19(21)24/h3-9,22H,1H2,2H3,(H2,21,24). The van der Waals surface area contributed by atoms with E-state index >= 15 is 0 Å². The van der Waals surface area contributed by atoms with Gasteiger partial charge < -0.3 is 14.9 Å². The van der Waals surface area contributed by atoms with Crippen LogP contribution in [0.3, 0.4) is 0 Å². The molecule has 0 saturated heterocycles. The SMILES string of the molecule is C=Cc1cc2c(C(=O)OC(N)=O)c(-c3ccc(F)cc3)oc2cc1NS(C)(=O)=O. The first-order chi connectivity index (χ1) is 13.6. The maximum Gasteiger partial charge on any atom is 0.412 e. The summed E-state index contributed by atoms with van der Waals surface area (Å²) >= 11 is 0. The summed E-state index contributed by atoms with van der Waals surface area (Å²) in [5.74, 6) is -1.58. The molecule has 2 aromatic carbocycles. The molecule has 1 amide bonds. The van der Waals surface area contributed by atoms with Crippen LogP contribution in [-0.2, 0) is 14.8 Å². The number of carbonyl (C=O) groups is 2. The zero-order chi connectivity index (χ0) is 21.3. The first-order valence-electron chi connectivity index (χ1n) is 8.07. The van der Waals surface area contributed by atoms with E-state index in [9.17, 15) is 22.4 Å². The number of hydrogen-bond donors (Lipinski definition) is 2. The van der Waals surface area contributed by atoms with E-state index in [2.05, 4.69) is 16.0 Å². The van der Waals surface area contributed by atoms with Gasteiger partial charge in [0.15, 0.2) is 0 Å². The molecule has 0 aliphatic heterocycles. The average Bonchev–Trinajstić information content (AvgIpc) is 2.98. The quantitative estimate of drug-likeness (QED) is 0.482. The minimum atomic E-state index is -3.60. The summed E-state index contributed by atoms with van der Waals surface area (Å²) in [4.78, 5) is 23.6. The van der Waals surface area contributed by atoms with Gasteiger partial charge in [0, 0.05) is 17.0 Å². The number of benzene rings is 2. The number of sulfonamides is 1. The van der Waals surface area contributed by atoms with Crippen molar-refractivity contribution in [3.05, 3.63) is 59.9 Å². The Morgan fingerprint density at radius 3 is 2.45 bits per heavy atom. The molecule has 1 aromatic heterocycles. The molecule has 3 rings (SSSR count). The number of ether oxygens (including phenoxy) is 1. The second-order valence-electron chi connectivity index (χ2n) is 6.04. The molecule has 0 bridgehead atoms. The second kappa shape index (κ2) is 7.40. The van der Waals surface area contributed by atoms with Gasteiger partial charge in [-0.05, 0) is 35.9 Å². The minimum absolute atomic E-state index is 0.00207. The second-order valence-corrected chi connectivity index (χ2v) is 7.78. The number of primary amides is 1. The van der Waals surface area contributed by atoms with Crippen molar-refractivity contribution < 1.29 is 31.6 Å². The van der Waals surface area contributed by atoms with Crippen molar-refractivity contribution in [3.8, 4) is 11.3 Å². The average molecular weight is 418 g/mol. The van der Waals surface area contributed by atoms with Gasteiger partial charge >= 0.3 is 12.1 Å². The van der Waals surface area contributed by atoms with Gasteiger partial charge in [0.2, 0.25) is 10.0 Å². The number of fused-ring (bicyclic) bond motifs is 1. The minimum Gasteiger partial charge on any atom is -0.455 e. The summed E-state index contributed by atoms with van der Waals surface area (Å²) in [6.45, 7) is 3.63. The van der Waals surface area contributed by atoms with Crippen LogP contribution in [0.15, 0.2) is 47.4 Å². The highest BCUT2D eigenvalue weighted by atomic mass is 32.2. The summed E-state index contributed by atoms with van der Waals surface area (Å²) in [5.41, 5.74) is 5.79. The van der Waals surface area contributed by atoms with Crippen LogP contribution >= 0.6 is 0 Å². The van der Waals surface area contributed by atoms with Gasteiger partial charge in [-0.25, -0.2) is 22.4 Å². The highest BCUT2D eigenvalue weighted by molar-refractivity contribution is 7.92.